The molecule has 2 aromatic rings. The molecule has 0 atom stereocenters. The largest absolute Gasteiger partial charge is 0.487 e. The molecular formula is C16H20N2O. The highest BCUT2D eigenvalue weighted by atomic mass is 16.5. The van der Waals surface area contributed by atoms with Crippen LogP contribution in [0.2, 0.25) is 0 Å². The van der Waals surface area contributed by atoms with Crippen LogP contribution in [0.1, 0.15) is 23.9 Å². The van der Waals surface area contributed by atoms with Gasteiger partial charge in [0.05, 0.1) is 5.69 Å². The fraction of sp³-hybridized carbons (Fsp3) is 0.312. The molecule has 3 heteroatoms. The van der Waals surface area contributed by atoms with Crippen LogP contribution in [0, 0.1) is 6.92 Å². The third-order valence-corrected chi connectivity index (χ3v) is 2.84. The number of rotatable bonds is 6. The van der Waals surface area contributed by atoms with Crippen LogP contribution in [0.25, 0.3) is 0 Å². The van der Waals surface area contributed by atoms with Crippen molar-refractivity contribution in [3.8, 4) is 5.75 Å². The van der Waals surface area contributed by atoms with Crippen molar-refractivity contribution >= 4 is 0 Å². The smallest absolute Gasteiger partial charge is 0.130 e. The molecule has 0 saturated heterocycles. The molecule has 100 valence electrons. The summed E-state index contributed by atoms with van der Waals surface area (Å²) in [7, 11) is 0. The molecule has 0 bridgehead atoms. The molecule has 0 spiro atoms. The highest BCUT2D eigenvalue weighted by Crippen LogP contribution is 2.13. The van der Waals surface area contributed by atoms with E-state index in [0.717, 1.165) is 30.2 Å². The highest BCUT2D eigenvalue weighted by molar-refractivity contribution is 5.27. The van der Waals surface area contributed by atoms with Gasteiger partial charge in [-0.2, -0.15) is 0 Å². The second-order valence-corrected chi connectivity index (χ2v) is 4.48. The van der Waals surface area contributed by atoms with Crippen molar-refractivity contribution in [1.82, 2.24) is 10.3 Å². The van der Waals surface area contributed by atoms with Crippen LogP contribution >= 0.6 is 0 Å². The molecule has 1 aromatic carbocycles. The molecule has 1 heterocycles. The van der Waals surface area contributed by atoms with E-state index in [1.54, 1.807) is 0 Å². The molecule has 0 radical (unpaired) electrons. The third kappa shape index (κ3) is 4.38. The zero-order valence-electron chi connectivity index (χ0n) is 11.5. The second kappa shape index (κ2) is 6.90. The first-order valence-corrected chi connectivity index (χ1v) is 6.63. The standard InChI is InChI=1S/C16H20N2O/c1-3-17-11-14-7-9-16(10-8-14)19-12-15-6-4-5-13(2)18-15/h4-10,17H,3,11-12H2,1-2H3. The van der Waals surface area contributed by atoms with Crippen molar-refractivity contribution in [1.29, 1.82) is 0 Å². The zero-order chi connectivity index (χ0) is 13.5. The van der Waals surface area contributed by atoms with E-state index >= 15 is 0 Å². The van der Waals surface area contributed by atoms with E-state index in [2.05, 4.69) is 29.4 Å². The molecule has 0 amide bonds. The van der Waals surface area contributed by atoms with Gasteiger partial charge in [0.25, 0.3) is 0 Å². The molecule has 1 aromatic heterocycles. The Bertz CT molecular complexity index is 508. The zero-order valence-corrected chi connectivity index (χ0v) is 11.5. The molecule has 19 heavy (non-hydrogen) atoms. The summed E-state index contributed by atoms with van der Waals surface area (Å²) < 4.78 is 5.72. The predicted octanol–water partition coefficient (Wildman–Crippen LogP) is 3.08. The van der Waals surface area contributed by atoms with Gasteiger partial charge in [0.2, 0.25) is 0 Å². The third-order valence-electron chi connectivity index (χ3n) is 2.84. The lowest BCUT2D eigenvalue weighted by atomic mass is 10.2. The van der Waals surface area contributed by atoms with Gasteiger partial charge in [-0.25, -0.2) is 0 Å². The number of hydrogen-bond donors (Lipinski definition) is 1. The molecule has 3 nitrogen and oxygen atoms in total. The molecule has 0 unspecified atom stereocenters. The van der Waals surface area contributed by atoms with Crippen molar-refractivity contribution in [3.63, 3.8) is 0 Å². The predicted molar refractivity (Wildman–Crippen MR) is 77.1 cm³/mol. The molecule has 0 fully saturated rings. The van der Waals surface area contributed by atoms with Gasteiger partial charge in [-0.3, -0.25) is 4.98 Å². The van der Waals surface area contributed by atoms with Crippen molar-refractivity contribution in [2.75, 3.05) is 6.54 Å². The Kier molecular flexibility index (Phi) is 4.93. The Morgan fingerprint density at radius 3 is 2.58 bits per heavy atom. The lowest BCUT2D eigenvalue weighted by Gasteiger charge is -2.07. The first kappa shape index (κ1) is 13.6. The van der Waals surface area contributed by atoms with E-state index in [0.29, 0.717) is 6.61 Å². The van der Waals surface area contributed by atoms with Gasteiger partial charge in [-0.1, -0.05) is 25.1 Å². The number of benzene rings is 1. The van der Waals surface area contributed by atoms with Gasteiger partial charge in [0, 0.05) is 12.2 Å². The van der Waals surface area contributed by atoms with Crippen molar-refractivity contribution in [2.45, 2.75) is 27.0 Å². The van der Waals surface area contributed by atoms with Gasteiger partial charge in [0.1, 0.15) is 12.4 Å². The topological polar surface area (TPSA) is 34.1 Å². The Hall–Kier alpha value is -1.87. The molecule has 0 aliphatic carbocycles. The SMILES string of the molecule is CCNCc1ccc(OCc2cccc(C)n2)cc1. The van der Waals surface area contributed by atoms with Crippen LogP contribution in [0.3, 0.4) is 0 Å². The maximum absolute atomic E-state index is 5.72. The lowest BCUT2D eigenvalue weighted by Crippen LogP contribution is -2.11. The van der Waals surface area contributed by atoms with Gasteiger partial charge >= 0.3 is 0 Å². The molecule has 0 saturated carbocycles. The minimum Gasteiger partial charge on any atom is -0.487 e. The lowest BCUT2D eigenvalue weighted by molar-refractivity contribution is 0.301. The van der Waals surface area contributed by atoms with Gasteiger partial charge in [-0.05, 0) is 43.3 Å². The molecule has 2 rings (SSSR count). The molecule has 0 aliphatic rings. The maximum atomic E-state index is 5.72. The van der Waals surface area contributed by atoms with Crippen LogP contribution in [-0.4, -0.2) is 11.5 Å². The Labute approximate surface area is 114 Å². The van der Waals surface area contributed by atoms with Crippen LogP contribution in [0.4, 0.5) is 0 Å². The normalized spacial score (nSPS) is 10.4. The Morgan fingerprint density at radius 1 is 1.11 bits per heavy atom. The van der Waals surface area contributed by atoms with E-state index < -0.39 is 0 Å². The fourth-order valence-corrected chi connectivity index (χ4v) is 1.81. The quantitative estimate of drug-likeness (QED) is 0.862. The summed E-state index contributed by atoms with van der Waals surface area (Å²) in [4.78, 5) is 4.41. The average molecular weight is 256 g/mol. The first-order chi connectivity index (χ1) is 9.28. The number of nitrogens with zero attached hydrogens (tertiary/aromatic N) is 1. The number of ether oxygens (including phenoxy) is 1. The number of aromatic nitrogens is 1. The minimum atomic E-state index is 0.508. The van der Waals surface area contributed by atoms with Gasteiger partial charge in [0.15, 0.2) is 0 Å². The van der Waals surface area contributed by atoms with Crippen LogP contribution in [0.5, 0.6) is 5.75 Å². The molecule has 0 aliphatic heterocycles. The van der Waals surface area contributed by atoms with Gasteiger partial charge < -0.3 is 10.1 Å². The number of pyridine rings is 1. The average Bonchev–Trinajstić information content (AvgIpc) is 2.44. The molecular weight excluding hydrogens is 236 g/mol. The summed E-state index contributed by atoms with van der Waals surface area (Å²) in [6.45, 7) is 6.48. The summed E-state index contributed by atoms with van der Waals surface area (Å²) >= 11 is 0. The summed E-state index contributed by atoms with van der Waals surface area (Å²) in [5.74, 6) is 0.878. The number of aryl methyl sites for hydroxylation is 1. The summed E-state index contributed by atoms with van der Waals surface area (Å²) in [5, 5.41) is 3.30. The van der Waals surface area contributed by atoms with Crippen molar-refractivity contribution in [2.24, 2.45) is 0 Å². The summed E-state index contributed by atoms with van der Waals surface area (Å²) in [6.07, 6.45) is 0. The second-order valence-electron chi connectivity index (χ2n) is 4.48. The highest BCUT2D eigenvalue weighted by Gasteiger charge is 1.98. The number of nitrogens with one attached hydrogen (secondary N) is 1. The summed E-state index contributed by atoms with van der Waals surface area (Å²) in [6, 6.07) is 14.1. The number of hydrogen-bond acceptors (Lipinski definition) is 3. The van der Waals surface area contributed by atoms with Crippen LogP contribution < -0.4 is 10.1 Å². The van der Waals surface area contributed by atoms with E-state index in [1.165, 1.54) is 5.56 Å². The monoisotopic (exact) mass is 256 g/mol. The van der Waals surface area contributed by atoms with E-state index in [9.17, 15) is 0 Å². The van der Waals surface area contributed by atoms with E-state index in [-0.39, 0.29) is 0 Å². The maximum Gasteiger partial charge on any atom is 0.130 e. The van der Waals surface area contributed by atoms with Crippen LogP contribution in [-0.2, 0) is 13.2 Å². The van der Waals surface area contributed by atoms with Gasteiger partial charge in [-0.15, -0.1) is 0 Å². The Balaban J connectivity index is 1.89. The summed E-state index contributed by atoms with van der Waals surface area (Å²) in [5.41, 5.74) is 3.24. The fourth-order valence-electron chi connectivity index (χ4n) is 1.81. The molecule has 1 N–H and O–H groups in total. The van der Waals surface area contributed by atoms with Crippen molar-refractivity contribution < 1.29 is 4.74 Å². The van der Waals surface area contributed by atoms with Crippen molar-refractivity contribution in [3.05, 3.63) is 59.4 Å². The van der Waals surface area contributed by atoms with Crippen LogP contribution in [0.15, 0.2) is 42.5 Å². The minimum absolute atomic E-state index is 0.508. The first-order valence-electron chi connectivity index (χ1n) is 6.63. The van der Waals surface area contributed by atoms with E-state index in [1.807, 2.05) is 37.3 Å². The van der Waals surface area contributed by atoms with E-state index in [4.69, 9.17) is 4.74 Å². The Morgan fingerprint density at radius 2 is 1.89 bits per heavy atom.